The van der Waals surface area contributed by atoms with Gasteiger partial charge in [-0.25, -0.2) is 4.79 Å². The third-order valence-electron chi connectivity index (χ3n) is 13.2. The lowest BCUT2D eigenvalue weighted by atomic mass is 9.97. The Morgan fingerprint density at radius 1 is 0.531 bits per heavy atom. The van der Waals surface area contributed by atoms with E-state index < -0.39 is 188 Å². The zero-order chi connectivity index (χ0) is 61.8. The molecule has 0 spiro atoms. The monoisotopic (exact) mass is 1150 g/mol. The number of carboxylic acid groups (broad SMARTS) is 4. The molecule has 11 atom stereocenters. The number of nitrogens with zero attached hydrogens (tertiary/aromatic N) is 1. The van der Waals surface area contributed by atoms with E-state index in [4.69, 9.17) is 22.3 Å². The van der Waals surface area contributed by atoms with Crippen LogP contribution in [0.2, 0.25) is 0 Å². The van der Waals surface area contributed by atoms with Gasteiger partial charge in [-0.2, -0.15) is 0 Å². The van der Waals surface area contributed by atoms with Crippen LogP contribution in [0, 0.1) is 17.8 Å². The molecule has 0 radical (unpaired) electrons. The number of hydrogen-bond donors (Lipinski definition) is 15. The Bertz CT molecular complexity index is 2230. The highest BCUT2D eigenvalue weighted by molar-refractivity contribution is 5.99. The second kappa shape index (κ2) is 36.0. The van der Waals surface area contributed by atoms with Crippen LogP contribution in [0.25, 0.3) is 0 Å². The van der Waals surface area contributed by atoms with Gasteiger partial charge >= 0.3 is 23.9 Å². The van der Waals surface area contributed by atoms with Crippen molar-refractivity contribution in [3.8, 4) is 0 Å². The number of aliphatic carboxylic acids is 4. The Balaban J connectivity index is 3.36. The average molecular weight is 1160 g/mol. The van der Waals surface area contributed by atoms with Gasteiger partial charge in [0, 0.05) is 25.8 Å². The van der Waals surface area contributed by atoms with Crippen molar-refractivity contribution in [2.75, 3.05) is 13.1 Å². The second-order valence-electron chi connectivity index (χ2n) is 21.1. The molecule has 1 saturated heterocycles. The fourth-order valence-corrected chi connectivity index (χ4v) is 8.52. The Morgan fingerprint density at radius 2 is 1.01 bits per heavy atom. The van der Waals surface area contributed by atoms with Gasteiger partial charge in [0.25, 0.3) is 0 Å². The molecule has 1 aliphatic rings. The predicted molar refractivity (Wildman–Crippen MR) is 287 cm³/mol. The van der Waals surface area contributed by atoms with Gasteiger partial charge in [0.2, 0.25) is 59.1 Å². The van der Waals surface area contributed by atoms with Crippen molar-refractivity contribution in [2.45, 2.75) is 205 Å². The summed E-state index contributed by atoms with van der Waals surface area (Å²) in [6.07, 6.45) is -2.17. The van der Waals surface area contributed by atoms with E-state index in [0.717, 1.165) is 0 Å². The van der Waals surface area contributed by atoms with Crippen LogP contribution in [0.4, 0.5) is 0 Å². The van der Waals surface area contributed by atoms with Crippen molar-refractivity contribution in [1.82, 2.24) is 47.4 Å². The van der Waals surface area contributed by atoms with Crippen LogP contribution in [0.3, 0.4) is 0 Å². The lowest BCUT2D eigenvalue weighted by Gasteiger charge is -2.31. The summed E-state index contributed by atoms with van der Waals surface area (Å²) >= 11 is 0. The van der Waals surface area contributed by atoms with Crippen LogP contribution in [-0.2, 0) is 67.1 Å². The zero-order valence-electron chi connectivity index (χ0n) is 47.2. The lowest BCUT2D eigenvalue weighted by molar-refractivity contribution is -0.144. The summed E-state index contributed by atoms with van der Waals surface area (Å²) in [5, 5.41) is 57.2. The number of hydrogen-bond acceptors (Lipinski definition) is 16. The predicted octanol–water partition coefficient (Wildman–Crippen LogP) is -2.98. The summed E-state index contributed by atoms with van der Waals surface area (Å²) in [4.78, 5) is 183. The van der Waals surface area contributed by atoms with Gasteiger partial charge in [-0.05, 0) is 95.4 Å². The molecule has 0 saturated carbocycles. The minimum Gasteiger partial charge on any atom is -0.481 e. The lowest BCUT2D eigenvalue weighted by Crippen LogP contribution is -2.60. The highest BCUT2D eigenvalue weighted by Gasteiger charge is 2.41. The molecule has 0 unspecified atom stereocenters. The van der Waals surface area contributed by atoms with E-state index >= 15 is 0 Å². The van der Waals surface area contributed by atoms with Crippen molar-refractivity contribution in [3.05, 3.63) is 0 Å². The van der Waals surface area contributed by atoms with Crippen LogP contribution in [0.15, 0.2) is 0 Å². The maximum absolute atomic E-state index is 14.4. The minimum atomic E-state index is -1.89. The van der Waals surface area contributed by atoms with Crippen LogP contribution in [0.1, 0.15) is 145 Å². The number of unbranched alkanes of at least 4 members (excludes halogenated alkanes) is 1. The number of carboxylic acids is 4. The highest BCUT2D eigenvalue weighted by atomic mass is 16.4. The number of nitrogens with one attached hydrogen (secondary N) is 8. The van der Waals surface area contributed by atoms with Crippen LogP contribution >= 0.6 is 0 Å². The Hall–Kier alpha value is -7.50. The summed E-state index contributed by atoms with van der Waals surface area (Å²) in [7, 11) is 0. The summed E-state index contributed by atoms with van der Waals surface area (Å²) in [5.41, 5.74) is 16.7. The fraction of sp³-hybridized carbons (Fsp3) is 0.725. The molecule has 81 heavy (non-hydrogen) atoms. The van der Waals surface area contributed by atoms with Gasteiger partial charge in [-0.1, -0.05) is 48.0 Å². The van der Waals surface area contributed by atoms with Gasteiger partial charge in [0.05, 0.1) is 12.5 Å². The summed E-state index contributed by atoms with van der Waals surface area (Å²) in [6.45, 7) is 11.8. The molecule has 10 amide bonds. The fourth-order valence-electron chi connectivity index (χ4n) is 8.52. The highest BCUT2D eigenvalue weighted by Crippen LogP contribution is 2.22. The smallest absolute Gasteiger partial charge is 0.326 e. The Labute approximate surface area is 470 Å². The molecule has 1 aliphatic heterocycles. The first-order valence-electron chi connectivity index (χ1n) is 27.2. The van der Waals surface area contributed by atoms with Crippen molar-refractivity contribution in [3.63, 3.8) is 0 Å². The molecule has 458 valence electrons. The van der Waals surface area contributed by atoms with Crippen molar-refractivity contribution in [1.29, 1.82) is 0 Å². The molecule has 30 heteroatoms. The van der Waals surface area contributed by atoms with Crippen molar-refractivity contribution < 1.29 is 87.5 Å². The third-order valence-corrected chi connectivity index (χ3v) is 13.2. The second-order valence-corrected chi connectivity index (χ2v) is 21.1. The van der Waals surface area contributed by atoms with E-state index in [1.54, 1.807) is 41.5 Å². The number of carbonyl (C=O) groups excluding carboxylic acids is 10. The molecular weight excluding hydrogens is 1070 g/mol. The third kappa shape index (κ3) is 26.5. The molecule has 18 N–H and O–H groups in total. The molecule has 0 aromatic heterocycles. The van der Waals surface area contributed by atoms with Gasteiger partial charge in [0.15, 0.2) is 0 Å². The van der Waals surface area contributed by atoms with Gasteiger partial charge < -0.3 is 85.1 Å². The van der Waals surface area contributed by atoms with E-state index in [1.807, 2.05) is 0 Å². The molecule has 1 heterocycles. The number of nitrogens with two attached hydrogens (primary N) is 3. The molecule has 0 aromatic rings. The molecule has 0 bridgehead atoms. The average Bonchev–Trinajstić information content (AvgIpc) is 3.88. The van der Waals surface area contributed by atoms with Gasteiger partial charge in [-0.3, -0.25) is 62.3 Å². The SMILES string of the molecule is CC[C@H](C)[C@H](NC(=O)[C@H](CC(=O)O)NC(=O)[C@H](CCC(N)=O)NC(=O)[C@H](C)NC(=O)[C@@H]1CCCN1C(=O)[C@H](CC(C)C)NC(=O)[C@H](CC(C)C)NC(=O)[C@H](CCC(=O)O)NC(=O)[C@@H](N)CCC(=O)O)C(=O)N[C@@H](CCCCN)C(=O)O. The molecule has 1 fully saturated rings. The topological polar surface area (TPSA) is 497 Å². The van der Waals surface area contributed by atoms with Crippen LogP contribution in [-0.4, -0.2) is 182 Å². The quantitative estimate of drug-likeness (QED) is 0.0273. The molecule has 1 rings (SSSR count). The molecule has 30 nitrogen and oxygen atoms in total. The number of rotatable bonds is 39. The molecule has 0 aliphatic carbocycles. The van der Waals surface area contributed by atoms with Gasteiger partial charge in [0.1, 0.15) is 54.4 Å². The van der Waals surface area contributed by atoms with E-state index in [9.17, 15) is 82.4 Å². The first-order chi connectivity index (χ1) is 37.8. The Kier molecular flexibility index (Phi) is 31.8. The van der Waals surface area contributed by atoms with Gasteiger partial charge in [-0.15, -0.1) is 0 Å². The van der Waals surface area contributed by atoms with E-state index in [2.05, 4.69) is 42.5 Å². The number of carbonyl (C=O) groups is 14. The van der Waals surface area contributed by atoms with E-state index in [1.165, 1.54) is 11.8 Å². The first kappa shape index (κ1) is 71.5. The normalized spacial score (nSPS) is 16.8. The van der Waals surface area contributed by atoms with Crippen molar-refractivity contribution >= 4 is 82.9 Å². The minimum absolute atomic E-state index is 0.00342. The van der Waals surface area contributed by atoms with E-state index in [0.29, 0.717) is 19.3 Å². The summed E-state index contributed by atoms with van der Waals surface area (Å²) < 4.78 is 0. The maximum atomic E-state index is 14.4. The number of likely N-dealkylation sites (tertiary alicyclic amines) is 1. The zero-order valence-corrected chi connectivity index (χ0v) is 47.2. The number of amides is 10. The summed E-state index contributed by atoms with van der Waals surface area (Å²) in [5.74, 6) is -15.9. The van der Waals surface area contributed by atoms with E-state index in [-0.39, 0.29) is 63.5 Å². The Morgan fingerprint density at radius 3 is 1.53 bits per heavy atom. The maximum Gasteiger partial charge on any atom is 0.326 e. The number of primary amides is 1. The van der Waals surface area contributed by atoms with Crippen LogP contribution in [0.5, 0.6) is 0 Å². The largest absolute Gasteiger partial charge is 0.481 e. The van der Waals surface area contributed by atoms with Crippen molar-refractivity contribution in [2.24, 2.45) is 35.0 Å². The first-order valence-corrected chi connectivity index (χ1v) is 27.2. The summed E-state index contributed by atoms with van der Waals surface area (Å²) in [6, 6.07) is -14.4. The molecule has 0 aromatic carbocycles. The molecular formula is C51H86N12O18. The standard InChI is InChI=1S/C51H86N12O18/c1-8-27(6)41(49(78)58-32(51(80)81)12-9-10-20-52)62-47(76)34(24-40(69)70)60-44(73)30(15-17-37(54)64)56-42(71)28(7)55-48(77)36-13-11-21-63(36)50(79)35(23-26(4)5)61-46(75)33(22-25(2)3)59-45(74)31(16-19-39(67)68)57-43(72)29(53)14-18-38(65)66/h25-36,41H,8-24,52-53H2,1-7H3,(H2,54,64)(H,55,77)(H,56,71)(H,57,72)(H,58,78)(H,59,74)(H,60,73)(H,61,75)(H,62,76)(H,65,66)(H,67,68)(H,69,70)(H,80,81)/t27-,28-,29-,30-,31-,32-,33-,34-,35-,36-,41-/m0/s1. The van der Waals surface area contributed by atoms with Crippen LogP contribution < -0.4 is 59.7 Å².